The third-order valence-electron chi connectivity index (χ3n) is 7.47. The Bertz CT molecular complexity index is 1090. The Kier molecular flexibility index (Phi) is 10.9. The van der Waals surface area contributed by atoms with Crippen LogP contribution in [-0.4, -0.2) is 67.5 Å². The number of nitrogens with zero attached hydrogens (tertiary/aromatic N) is 1. The number of ether oxygens (including phenoxy) is 1. The highest BCUT2D eigenvalue weighted by atomic mass is 16.5. The first kappa shape index (κ1) is 30.2. The molecular formula is C31H44N4O4. The summed E-state index contributed by atoms with van der Waals surface area (Å²) in [6, 6.07) is 15.2. The fourth-order valence-corrected chi connectivity index (χ4v) is 4.76. The molecule has 39 heavy (non-hydrogen) atoms. The van der Waals surface area contributed by atoms with E-state index >= 15 is 0 Å². The Morgan fingerprint density at radius 1 is 1.03 bits per heavy atom. The van der Waals surface area contributed by atoms with E-state index in [1.165, 1.54) is 0 Å². The van der Waals surface area contributed by atoms with Gasteiger partial charge in [-0.1, -0.05) is 76.6 Å². The second kappa shape index (κ2) is 14.1. The average molecular weight is 537 g/mol. The topological polar surface area (TPSA) is 99.8 Å². The van der Waals surface area contributed by atoms with Crippen LogP contribution in [0, 0.1) is 11.8 Å². The summed E-state index contributed by atoms with van der Waals surface area (Å²) in [6.45, 7) is 8.31. The monoisotopic (exact) mass is 536 g/mol. The smallest absolute Gasteiger partial charge is 0.247 e. The van der Waals surface area contributed by atoms with E-state index in [1.807, 2.05) is 101 Å². The van der Waals surface area contributed by atoms with E-state index in [0.29, 0.717) is 31.6 Å². The van der Waals surface area contributed by atoms with Gasteiger partial charge in [-0.2, -0.15) is 0 Å². The van der Waals surface area contributed by atoms with Gasteiger partial charge in [0, 0.05) is 6.54 Å². The molecule has 2 aliphatic heterocycles. The standard InChI is InChI=1S/C31H44N4O4/c1-7-21(4)26-30(37)32-18-17-22-13-15-24(16-14-22)39-28(20(2)3)27(31(38)33-26)34-29(36)25(35(5)6)19-23-11-9-8-10-12-23/h8-16,20-21,25-28H,7,17-19H2,1-6H3,(H,32,37)(H,33,38)(H,34,36)/t21-,25+,26+,27+,28+/m1/s1. The van der Waals surface area contributed by atoms with Gasteiger partial charge in [0.25, 0.3) is 0 Å². The second-order valence-electron chi connectivity index (χ2n) is 11.0. The van der Waals surface area contributed by atoms with Crippen LogP contribution in [-0.2, 0) is 27.2 Å². The lowest BCUT2D eigenvalue weighted by Crippen LogP contribution is -2.62. The number of carbonyl (C=O) groups is 3. The molecule has 5 atom stereocenters. The maximum Gasteiger partial charge on any atom is 0.247 e. The van der Waals surface area contributed by atoms with E-state index in [0.717, 1.165) is 11.1 Å². The Morgan fingerprint density at radius 3 is 2.28 bits per heavy atom. The van der Waals surface area contributed by atoms with Gasteiger partial charge in [-0.25, -0.2) is 0 Å². The normalized spacial score (nSPS) is 21.9. The zero-order chi connectivity index (χ0) is 28.5. The van der Waals surface area contributed by atoms with Crippen molar-refractivity contribution in [2.75, 3.05) is 20.6 Å². The molecule has 0 spiro atoms. The molecular weight excluding hydrogens is 492 g/mol. The van der Waals surface area contributed by atoms with Crippen molar-refractivity contribution in [3.05, 3.63) is 65.7 Å². The summed E-state index contributed by atoms with van der Waals surface area (Å²) >= 11 is 0. The number of likely N-dealkylation sites (N-methyl/N-ethyl adjacent to an activating group) is 1. The van der Waals surface area contributed by atoms with E-state index in [2.05, 4.69) is 16.0 Å². The molecule has 2 aromatic carbocycles. The van der Waals surface area contributed by atoms with Crippen LogP contribution in [0.5, 0.6) is 5.75 Å². The van der Waals surface area contributed by atoms with Crippen LogP contribution in [0.25, 0.3) is 0 Å². The van der Waals surface area contributed by atoms with Crippen molar-refractivity contribution >= 4 is 17.7 Å². The van der Waals surface area contributed by atoms with Gasteiger partial charge in [-0.15, -0.1) is 0 Å². The fraction of sp³-hybridized carbons (Fsp3) is 0.516. The number of rotatable bonds is 8. The highest BCUT2D eigenvalue weighted by molar-refractivity contribution is 5.93. The number of fused-ring (bicyclic) bond motifs is 11. The number of nitrogens with one attached hydrogen (secondary N) is 3. The molecule has 0 fully saturated rings. The predicted molar refractivity (Wildman–Crippen MR) is 153 cm³/mol. The molecule has 0 unspecified atom stereocenters. The van der Waals surface area contributed by atoms with Crippen LogP contribution >= 0.6 is 0 Å². The fourth-order valence-electron chi connectivity index (χ4n) is 4.76. The molecule has 0 aromatic heterocycles. The van der Waals surface area contributed by atoms with Gasteiger partial charge in [0.1, 0.15) is 23.9 Å². The Hall–Kier alpha value is -3.39. The minimum atomic E-state index is -1.02. The Labute approximate surface area is 232 Å². The lowest BCUT2D eigenvalue weighted by atomic mass is 9.94. The molecule has 0 saturated carbocycles. The van der Waals surface area contributed by atoms with Crippen LogP contribution in [0.3, 0.4) is 0 Å². The van der Waals surface area contributed by atoms with Crippen molar-refractivity contribution in [3.8, 4) is 5.75 Å². The van der Waals surface area contributed by atoms with Gasteiger partial charge in [0.2, 0.25) is 17.7 Å². The first-order chi connectivity index (χ1) is 18.6. The third kappa shape index (κ3) is 8.30. The number of hydrogen-bond acceptors (Lipinski definition) is 5. The SMILES string of the molecule is CC[C@@H](C)[C@@H]1NC(=O)[C@@H](NC(=O)[C@H](Cc2ccccc2)N(C)C)[C@H](C(C)C)Oc2ccc(cc2)CCNC1=O. The minimum absolute atomic E-state index is 0.0949. The molecule has 2 bridgehead atoms. The molecule has 4 rings (SSSR count). The van der Waals surface area contributed by atoms with E-state index in [1.54, 1.807) is 0 Å². The maximum absolute atomic E-state index is 13.9. The van der Waals surface area contributed by atoms with Crippen LogP contribution in [0.4, 0.5) is 0 Å². The largest absolute Gasteiger partial charge is 0.487 e. The van der Waals surface area contributed by atoms with E-state index in [-0.39, 0.29) is 23.7 Å². The van der Waals surface area contributed by atoms with Gasteiger partial charge in [0.05, 0.1) is 6.04 Å². The summed E-state index contributed by atoms with van der Waals surface area (Å²) in [5, 5.41) is 8.96. The summed E-state index contributed by atoms with van der Waals surface area (Å²) in [5.41, 5.74) is 2.09. The van der Waals surface area contributed by atoms with E-state index in [4.69, 9.17) is 4.74 Å². The van der Waals surface area contributed by atoms with Crippen LogP contribution in [0.2, 0.25) is 0 Å². The first-order valence-electron chi connectivity index (χ1n) is 13.9. The molecule has 3 amide bonds. The van der Waals surface area contributed by atoms with E-state index < -0.39 is 30.1 Å². The van der Waals surface area contributed by atoms with Gasteiger partial charge in [0.15, 0.2) is 0 Å². The van der Waals surface area contributed by atoms with Gasteiger partial charge in [-0.05, 0) is 62.0 Å². The zero-order valence-corrected chi connectivity index (χ0v) is 24.1. The third-order valence-corrected chi connectivity index (χ3v) is 7.47. The van der Waals surface area contributed by atoms with Crippen molar-refractivity contribution in [2.24, 2.45) is 11.8 Å². The number of benzene rings is 2. The maximum atomic E-state index is 13.9. The average Bonchev–Trinajstić information content (AvgIpc) is 2.92. The van der Waals surface area contributed by atoms with Gasteiger partial charge >= 0.3 is 0 Å². The molecule has 0 aliphatic carbocycles. The quantitative estimate of drug-likeness (QED) is 0.482. The lowest BCUT2D eigenvalue weighted by Gasteiger charge is -2.34. The number of carbonyl (C=O) groups excluding carboxylic acids is 3. The van der Waals surface area contributed by atoms with Crippen molar-refractivity contribution < 1.29 is 19.1 Å². The van der Waals surface area contributed by atoms with Crippen LogP contribution in [0.15, 0.2) is 54.6 Å². The van der Waals surface area contributed by atoms with Crippen molar-refractivity contribution in [1.82, 2.24) is 20.9 Å². The second-order valence-corrected chi connectivity index (χ2v) is 11.0. The first-order valence-corrected chi connectivity index (χ1v) is 13.9. The summed E-state index contributed by atoms with van der Waals surface area (Å²) in [5.74, 6) is -0.530. The van der Waals surface area contributed by atoms with E-state index in [9.17, 15) is 14.4 Å². The summed E-state index contributed by atoms with van der Waals surface area (Å²) < 4.78 is 6.38. The molecule has 212 valence electrons. The molecule has 8 nitrogen and oxygen atoms in total. The molecule has 8 heteroatoms. The van der Waals surface area contributed by atoms with Crippen LogP contribution < -0.4 is 20.7 Å². The van der Waals surface area contributed by atoms with Crippen LogP contribution in [0.1, 0.15) is 45.2 Å². The molecule has 2 aromatic rings. The van der Waals surface area contributed by atoms with Gasteiger partial charge < -0.3 is 20.7 Å². The zero-order valence-electron chi connectivity index (χ0n) is 24.1. The molecule has 2 heterocycles. The van der Waals surface area contributed by atoms with Crippen molar-refractivity contribution in [2.45, 2.75) is 71.2 Å². The summed E-state index contributed by atoms with van der Waals surface area (Å²) in [7, 11) is 3.70. The van der Waals surface area contributed by atoms with Crippen molar-refractivity contribution in [3.63, 3.8) is 0 Å². The Morgan fingerprint density at radius 2 is 1.69 bits per heavy atom. The van der Waals surface area contributed by atoms with Gasteiger partial charge in [-0.3, -0.25) is 19.3 Å². The highest BCUT2D eigenvalue weighted by Gasteiger charge is 2.38. The number of amides is 3. The molecule has 0 saturated heterocycles. The lowest BCUT2D eigenvalue weighted by molar-refractivity contribution is -0.136. The highest BCUT2D eigenvalue weighted by Crippen LogP contribution is 2.21. The number of hydrogen-bond donors (Lipinski definition) is 3. The Balaban J connectivity index is 1.98. The van der Waals surface area contributed by atoms with Crippen molar-refractivity contribution in [1.29, 1.82) is 0 Å². The molecule has 2 aliphatic rings. The summed E-state index contributed by atoms with van der Waals surface area (Å²) in [4.78, 5) is 42.7. The summed E-state index contributed by atoms with van der Waals surface area (Å²) in [6.07, 6.45) is 1.20. The molecule has 3 N–H and O–H groups in total. The molecule has 0 radical (unpaired) electrons. The minimum Gasteiger partial charge on any atom is -0.487 e. The predicted octanol–water partition coefficient (Wildman–Crippen LogP) is 2.95.